The molecule has 1 aromatic heterocycles. The predicted molar refractivity (Wildman–Crippen MR) is 74.9 cm³/mol. The number of sulfonamides is 1. The van der Waals surface area contributed by atoms with Crippen LogP contribution in [-0.2, 0) is 20.8 Å². The van der Waals surface area contributed by atoms with Gasteiger partial charge in [-0.25, -0.2) is 23.1 Å². The van der Waals surface area contributed by atoms with Gasteiger partial charge in [0, 0.05) is 35.4 Å². The Morgan fingerprint density at radius 2 is 1.95 bits per heavy atom. The first-order valence-electron chi connectivity index (χ1n) is 5.73. The summed E-state index contributed by atoms with van der Waals surface area (Å²) in [6.07, 6.45) is 4.00. The molecule has 0 bridgehead atoms. The van der Waals surface area contributed by atoms with Crippen molar-refractivity contribution in [3.8, 4) is 0 Å². The third-order valence-electron chi connectivity index (χ3n) is 2.11. The van der Waals surface area contributed by atoms with E-state index in [2.05, 4.69) is 20.0 Å². The molecule has 108 valence electrons. The van der Waals surface area contributed by atoms with Gasteiger partial charge in [-0.15, -0.1) is 0 Å². The van der Waals surface area contributed by atoms with E-state index < -0.39 is 26.9 Å². The topological polar surface area (TPSA) is 101 Å². The summed E-state index contributed by atoms with van der Waals surface area (Å²) in [6.45, 7) is 4.21. The van der Waals surface area contributed by atoms with E-state index in [1.54, 1.807) is 6.92 Å². The molecular formula is C10H18N4O3S2. The highest BCUT2D eigenvalue weighted by atomic mass is 32.2. The fraction of sp³-hybridized carbons (Fsp3) is 0.600. The Labute approximate surface area is 115 Å². The van der Waals surface area contributed by atoms with Crippen molar-refractivity contribution in [3.63, 3.8) is 0 Å². The SMILES string of the molecule is CCNc1ncc(S(=O)(=O)NC(C)CS(C)=O)cn1. The third-order valence-corrected chi connectivity index (χ3v) is 4.63. The highest BCUT2D eigenvalue weighted by molar-refractivity contribution is 7.89. The van der Waals surface area contributed by atoms with Gasteiger partial charge in [0.2, 0.25) is 16.0 Å². The standard InChI is InChI=1S/C10H18N4O3S2/c1-4-11-10-12-5-9(6-13-10)19(16,17)14-8(2)7-18(3)15/h5-6,8,14H,4,7H2,1-3H3,(H,11,12,13). The molecule has 0 aliphatic rings. The Morgan fingerprint density at radius 3 is 2.42 bits per heavy atom. The van der Waals surface area contributed by atoms with Crippen molar-refractivity contribution in [1.29, 1.82) is 0 Å². The zero-order valence-corrected chi connectivity index (χ0v) is 12.7. The Balaban J connectivity index is 2.79. The van der Waals surface area contributed by atoms with Gasteiger partial charge in [0.15, 0.2) is 0 Å². The summed E-state index contributed by atoms with van der Waals surface area (Å²) in [7, 11) is -4.74. The minimum atomic E-state index is -3.67. The van der Waals surface area contributed by atoms with Crippen LogP contribution in [0.3, 0.4) is 0 Å². The molecule has 9 heteroatoms. The van der Waals surface area contributed by atoms with Gasteiger partial charge in [-0.2, -0.15) is 0 Å². The lowest BCUT2D eigenvalue weighted by Gasteiger charge is -2.12. The molecule has 0 fully saturated rings. The molecule has 0 aliphatic carbocycles. The van der Waals surface area contributed by atoms with E-state index in [1.165, 1.54) is 18.6 Å². The Morgan fingerprint density at radius 1 is 1.37 bits per heavy atom. The van der Waals surface area contributed by atoms with Crippen molar-refractivity contribution in [2.75, 3.05) is 23.9 Å². The zero-order valence-electron chi connectivity index (χ0n) is 11.1. The summed E-state index contributed by atoms with van der Waals surface area (Å²) in [6, 6.07) is -0.413. The maximum Gasteiger partial charge on any atom is 0.243 e. The molecule has 1 aromatic rings. The van der Waals surface area contributed by atoms with Gasteiger partial charge in [-0.1, -0.05) is 0 Å². The number of hydrogen-bond donors (Lipinski definition) is 2. The van der Waals surface area contributed by atoms with E-state index in [9.17, 15) is 12.6 Å². The van der Waals surface area contributed by atoms with Crippen molar-refractivity contribution < 1.29 is 12.6 Å². The van der Waals surface area contributed by atoms with E-state index in [1.807, 2.05) is 6.92 Å². The molecule has 0 saturated heterocycles. The number of aromatic nitrogens is 2. The molecule has 0 aliphatic heterocycles. The second-order valence-corrected chi connectivity index (χ2v) is 7.23. The van der Waals surface area contributed by atoms with Gasteiger partial charge in [0.25, 0.3) is 0 Å². The van der Waals surface area contributed by atoms with E-state index in [4.69, 9.17) is 0 Å². The minimum absolute atomic E-state index is 0.0112. The van der Waals surface area contributed by atoms with Crippen LogP contribution in [0.4, 0.5) is 5.95 Å². The van der Waals surface area contributed by atoms with Crippen LogP contribution in [0.25, 0.3) is 0 Å². The van der Waals surface area contributed by atoms with Crippen LogP contribution in [0, 0.1) is 0 Å². The summed E-state index contributed by atoms with van der Waals surface area (Å²) >= 11 is 0. The van der Waals surface area contributed by atoms with Crippen LogP contribution in [0.15, 0.2) is 17.3 Å². The van der Waals surface area contributed by atoms with Crippen molar-refractivity contribution in [2.24, 2.45) is 0 Å². The van der Waals surface area contributed by atoms with Crippen LogP contribution in [0.5, 0.6) is 0 Å². The maximum atomic E-state index is 12.0. The zero-order chi connectivity index (χ0) is 14.5. The second kappa shape index (κ2) is 6.92. The van der Waals surface area contributed by atoms with Crippen LogP contribution in [0.2, 0.25) is 0 Å². The summed E-state index contributed by atoms with van der Waals surface area (Å²) in [5, 5.41) is 2.88. The molecule has 1 heterocycles. The summed E-state index contributed by atoms with van der Waals surface area (Å²) in [5.74, 6) is 0.638. The fourth-order valence-electron chi connectivity index (χ4n) is 1.42. The summed E-state index contributed by atoms with van der Waals surface area (Å²) in [5.41, 5.74) is 0. The Bertz CT molecular complexity index is 530. The lowest BCUT2D eigenvalue weighted by molar-refractivity contribution is 0.569. The largest absolute Gasteiger partial charge is 0.355 e. The van der Waals surface area contributed by atoms with Crippen molar-refractivity contribution in [1.82, 2.24) is 14.7 Å². The van der Waals surface area contributed by atoms with Gasteiger partial charge in [-0.05, 0) is 13.8 Å². The van der Waals surface area contributed by atoms with Crippen LogP contribution < -0.4 is 10.0 Å². The monoisotopic (exact) mass is 306 g/mol. The van der Waals surface area contributed by atoms with Crippen molar-refractivity contribution >= 4 is 26.8 Å². The van der Waals surface area contributed by atoms with E-state index in [0.29, 0.717) is 12.5 Å². The van der Waals surface area contributed by atoms with E-state index >= 15 is 0 Å². The Hall–Kier alpha value is -1.06. The molecule has 0 aromatic carbocycles. The summed E-state index contributed by atoms with van der Waals surface area (Å²) in [4.78, 5) is 7.79. The molecule has 19 heavy (non-hydrogen) atoms. The molecule has 0 spiro atoms. The first kappa shape index (κ1) is 16.0. The smallest absolute Gasteiger partial charge is 0.243 e. The number of nitrogens with zero attached hydrogens (tertiary/aromatic N) is 2. The molecule has 0 amide bonds. The van der Waals surface area contributed by atoms with Gasteiger partial charge in [0.1, 0.15) is 4.90 Å². The fourth-order valence-corrected chi connectivity index (χ4v) is 3.45. The van der Waals surface area contributed by atoms with E-state index in [-0.39, 0.29) is 10.6 Å². The van der Waals surface area contributed by atoms with Crippen LogP contribution in [0.1, 0.15) is 13.8 Å². The average Bonchev–Trinajstić information content (AvgIpc) is 2.28. The summed E-state index contributed by atoms with van der Waals surface area (Å²) < 4.78 is 37.4. The molecule has 0 radical (unpaired) electrons. The lowest BCUT2D eigenvalue weighted by Crippen LogP contribution is -2.36. The predicted octanol–water partition coefficient (Wildman–Crippen LogP) is -0.0463. The maximum absolute atomic E-state index is 12.0. The van der Waals surface area contributed by atoms with Crippen molar-refractivity contribution in [2.45, 2.75) is 24.8 Å². The van der Waals surface area contributed by atoms with Crippen molar-refractivity contribution in [3.05, 3.63) is 12.4 Å². The average molecular weight is 306 g/mol. The van der Waals surface area contributed by atoms with Crippen LogP contribution >= 0.6 is 0 Å². The highest BCUT2D eigenvalue weighted by Gasteiger charge is 2.18. The minimum Gasteiger partial charge on any atom is -0.355 e. The van der Waals surface area contributed by atoms with Gasteiger partial charge in [0.05, 0.1) is 12.4 Å². The first-order chi connectivity index (χ1) is 8.85. The third kappa shape index (κ3) is 5.21. The van der Waals surface area contributed by atoms with Gasteiger partial charge >= 0.3 is 0 Å². The molecule has 1 rings (SSSR count). The number of hydrogen-bond acceptors (Lipinski definition) is 6. The van der Waals surface area contributed by atoms with Gasteiger partial charge < -0.3 is 5.32 Å². The molecule has 2 atom stereocenters. The van der Waals surface area contributed by atoms with Gasteiger partial charge in [-0.3, -0.25) is 4.21 Å². The normalized spacial score (nSPS) is 14.9. The Kier molecular flexibility index (Phi) is 5.83. The molecule has 2 N–H and O–H groups in total. The number of rotatable bonds is 7. The van der Waals surface area contributed by atoms with Crippen LogP contribution in [-0.4, -0.2) is 47.2 Å². The second-order valence-electron chi connectivity index (χ2n) is 4.03. The quantitative estimate of drug-likeness (QED) is 0.732. The molecule has 0 saturated carbocycles. The lowest BCUT2D eigenvalue weighted by atomic mass is 10.4. The number of anilines is 1. The van der Waals surface area contributed by atoms with E-state index in [0.717, 1.165) is 0 Å². The molecular weight excluding hydrogens is 288 g/mol. The number of nitrogens with one attached hydrogen (secondary N) is 2. The first-order valence-corrected chi connectivity index (χ1v) is 8.94. The molecule has 2 unspecified atom stereocenters. The highest BCUT2D eigenvalue weighted by Crippen LogP contribution is 2.08. The molecule has 7 nitrogen and oxygen atoms in total.